The number of aryl methyl sites for hydroxylation is 1. The first kappa shape index (κ1) is 11.6. The van der Waals surface area contributed by atoms with Crippen LogP contribution in [0.5, 0.6) is 0 Å². The summed E-state index contributed by atoms with van der Waals surface area (Å²) in [5, 5.41) is 4.17. The van der Waals surface area contributed by atoms with Crippen LogP contribution in [0.15, 0.2) is 24.4 Å². The van der Waals surface area contributed by atoms with Gasteiger partial charge in [-0.1, -0.05) is 17.7 Å². The summed E-state index contributed by atoms with van der Waals surface area (Å²) >= 11 is 6.13. The highest BCUT2D eigenvalue weighted by atomic mass is 35.5. The van der Waals surface area contributed by atoms with Gasteiger partial charge in [0.1, 0.15) is 0 Å². The summed E-state index contributed by atoms with van der Waals surface area (Å²) in [5.41, 5.74) is 3.13. The Morgan fingerprint density at radius 2 is 2.11 bits per heavy atom. The molecular formula is C14H16ClN3. The second kappa shape index (κ2) is 4.32. The predicted molar refractivity (Wildman–Crippen MR) is 74.7 cm³/mol. The maximum atomic E-state index is 6.13. The molecule has 1 heterocycles. The molecule has 1 aliphatic rings. The number of hydrogen-bond acceptors (Lipinski definition) is 2. The number of imidazole rings is 1. The van der Waals surface area contributed by atoms with Crippen LogP contribution in [-0.2, 0) is 0 Å². The number of halogens is 1. The van der Waals surface area contributed by atoms with E-state index in [0.717, 1.165) is 27.9 Å². The second-order valence-corrected chi connectivity index (χ2v) is 5.29. The van der Waals surface area contributed by atoms with Crippen LogP contribution in [0, 0.1) is 13.8 Å². The molecule has 0 saturated heterocycles. The Kier molecular flexibility index (Phi) is 2.78. The fourth-order valence-electron chi connectivity index (χ4n) is 2.10. The van der Waals surface area contributed by atoms with E-state index < -0.39 is 0 Å². The summed E-state index contributed by atoms with van der Waals surface area (Å²) in [7, 11) is 0. The molecular weight excluding hydrogens is 246 g/mol. The highest BCUT2D eigenvalue weighted by Crippen LogP contribution is 2.38. The smallest absolute Gasteiger partial charge is 0.207 e. The number of hydrogen-bond donors (Lipinski definition) is 1. The summed E-state index contributed by atoms with van der Waals surface area (Å²) in [6, 6.07) is 6.51. The maximum absolute atomic E-state index is 6.13. The Balaban J connectivity index is 1.94. The van der Waals surface area contributed by atoms with Crippen LogP contribution in [0.25, 0.3) is 0 Å². The van der Waals surface area contributed by atoms with Crippen molar-refractivity contribution in [2.75, 3.05) is 5.32 Å². The molecule has 0 spiro atoms. The van der Waals surface area contributed by atoms with Crippen molar-refractivity contribution in [3.8, 4) is 0 Å². The lowest BCUT2D eigenvalue weighted by atomic mass is 10.2. The molecule has 0 bridgehead atoms. The van der Waals surface area contributed by atoms with Gasteiger partial charge in [0.2, 0.25) is 5.95 Å². The van der Waals surface area contributed by atoms with Crippen LogP contribution >= 0.6 is 11.6 Å². The monoisotopic (exact) mass is 261 g/mol. The van der Waals surface area contributed by atoms with Gasteiger partial charge in [-0.15, -0.1) is 0 Å². The Morgan fingerprint density at radius 3 is 2.83 bits per heavy atom. The number of benzene rings is 1. The minimum Gasteiger partial charge on any atom is -0.325 e. The van der Waals surface area contributed by atoms with Crippen molar-refractivity contribution in [1.82, 2.24) is 9.55 Å². The first-order valence-corrected chi connectivity index (χ1v) is 6.60. The minimum atomic E-state index is 0.619. The third-order valence-corrected chi connectivity index (χ3v) is 3.72. The normalized spacial score (nSPS) is 14.8. The van der Waals surface area contributed by atoms with E-state index in [1.807, 2.05) is 32.0 Å². The van der Waals surface area contributed by atoms with Gasteiger partial charge in [0.05, 0.1) is 5.69 Å². The van der Waals surface area contributed by atoms with Gasteiger partial charge in [-0.25, -0.2) is 4.98 Å². The number of anilines is 2. The first-order chi connectivity index (χ1) is 8.65. The molecule has 1 fully saturated rings. The van der Waals surface area contributed by atoms with E-state index in [1.165, 1.54) is 12.8 Å². The van der Waals surface area contributed by atoms with Crippen molar-refractivity contribution in [2.24, 2.45) is 0 Å². The number of nitrogens with zero attached hydrogens (tertiary/aromatic N) is 2. The zero-order chi connectivity index (χ0) is 12.7. The topological polar surface area (TPSA) is 29.9 Å². The van der Waals surface area contributed by atoms with Crippen molar-refractivity contribution >= 4 is 23.2 Å². The summed E-state index contributed by atoms with van der Waals surface area (Å²) in [6.07, 6.45) is 4.61. The molecule has 94 valence electrons. The van der Waals surface area contributed by atoms with Gasteiger partial charge in [-0.2, -0.15) is 0 Å². The van der Waals surface area contributed by atoms with Gasteiger partial charge in [0, 0.05) is 22.9 Å². The molecule has 2 aromatic rings. The van der Waals surface area contributed by atoms with Crippen LogP contribution in [0.4, 0.5) is 11.6 Å². The fourth-order valence-corrected chi connectivity index (χ4v) is 2.28. The van der Waals surface area contributed by atoms with Crippen molar-refractivity contribution in [1.29, 1.82) is 0 Å². The SMILES string of the molecule is Cc1cn(C2CC2)c(Nc2cccc(Cl)c2C)n1. The van der Waals surface area contributed by atoms with Gasteiger partial charge in [0.25, 0.3) is 0 Å². The third kappa shape index (κ3) is 2.10. The molecule has 0 atom stereocenters. The molecule has 0 radical (unpaired) electrons. The molecule has 0 unspecified atom stereocenters. The highest BCUT2D eigenvalue weighted by Gasteiger charge is 2.26. The van der Waals surface area contributed by atoms with Gasteiger partial charge in [-0.05, 0) is 44.4 Å². The van der Waals surface area contributed by atoms with Crippen LogP contribution in [0.2, 0.25) is 5.02 Å². The lowest BCUT2D eigenvalue weighted by Gasteiger charge is -2.11. The maximum Gasteiger partial charge on any atom is 0.207 e. The van der Waals surface area contributed by atoms with Gasteiger partial charge < -0.3 is 9.88 Å². The minimum absolute atomic E-state index is 0.619. The van der Waals surface area contributed by atoms with E-state index >= 15 is 0 Å². The molecule has 0 amide bonds. The van der Waals surface area contributed by atoms with Crippen molar-refractivity contribution in [3.63, 3.8) is 0 Å². The lowest BCUT2D eigenvalue weighted by Crippen LogP contribution is -2.02. The predicted octanol–water partition coefficient (Wildman–Crippen LogP) is 4.23. The Morgan fingerprint density at radius 1 is 1.33 bits per heavy atom. The van der Waals surface area contributed by atoms with Crippen LogP contribution in [-0.4, -0.2) is 9.55 Å². The van der Waals surface area contributed by atoms with Crippen molar-refractivity contribution < 1.29 is 0 Å². The molecule has 18 heavy (non-hydrogen) atoms. The van der Waals surface area contributed by atoms with Crippen molar-refractivity contribution in [2.45, 2.75) is 32.7 Å². The average molecular weight is 262 g/mol. The summed E-state index contributed by atoms with van der Waals surface area (Å²) in [5.74, 6) is 0.917. The van der Waals surface area contributed by atoms with Crippen molar-refractivity contribution in [3.05, 3.63) is 40.7 Å². The summed E-state index contributed by atoms with van der Waals surface area (Å²) in [4.78, 5) is 4.55. The molecule has 4 heteroatoms. The Labute approximate surface area is 112 Å². The number of aromatic nitrogens is 2. The zero-order valence-corrected chi connectivity index (χ0v) is 11.3. The van der Waals surface area contributed by atoms with E-state index in [4.69, 9.17) is 11.6 Å². The molecule has 1 N–H and O–H groups in total. The van der Waals surface area contributed by atoms with Gasteiger partial charge in [0.15, 0.2) is 0 Å². The van der Waals surface area contributed by atoms with Crippen LogP contribution < -0.4 is 5.32 Å². The van der Waals surface area contributed by atoms with Gasteiger partial charge in [-0.3, -0.25) is 0 Å². The molecule has 1 saturated carbocycles. The van der Waals surface area contributed by atoms with E-state index in [2.05, 4.69) is 21.1 Å². The van der Waals surface area contributed by atoms with E-state index in [-0.39, 0.29) is 0 Å². The quantitative estimate of drug-likeness (QED) is 0.896. The molecule has 3 rings (SSSR count). The molecule has 1 aliphatic carbocycles. The third-order valence-electron chi connectivity index (χ3n) is 3.31. The zero-order valence-electron chi connectivity index (χ0n) is 10.6. The number of nitrogens with one attached hydrogen (secondary N) is 1. The van der Waals surface area contributed by atoms with Crippen LogP contribution in [0.1, 0.15) is 30.1 Å². The van der Waals surface area contributed by atoms with Crippen LogP contribution in [0.3, 0.4) is 0 Å². The van der Waals surface area contributed by atoms with E-state index in [0.29, 0.717) is 6.04 Å². The fraction of sp³-hybridized carbons (Fsp3) is 0.357. The second-order valence-electron chi connectivity index (χ2n) is 4.88. The first-order valence-electron chi connectivity index (χ1n) is 6.23. The van der Waals surface area contributed by atoms with E-state index in [1.54, 1.807) is 0 Å². The largest absolute Gasteiger partial charge is 0.325 e. The van der Waals surface area contributed by atoms with E-state index in [9.17, 15) is 0 Å². The van der Waals surface area contributed by atoms with Gasteiger partial charge >= 0.3 is 0 Å². The molecule has 0 aliphatic heterocycles. The number of rotatable bonds is 3. The highest BCUT2D eigenvalue weighted by molar-refractivity contribution is 6.31. The molecule has 1 aromatic carbocycles. The summed E-state index contributed by atoms with van der Waals surface area (Å²) < 4.78 is 2.23. The lowest BCUT2D eigenvalue weighted by molar-refractivity contribution is 0.750. The summed E-state index contributed by atoms with van der Waals surface area (Å²) in [6.45, 7) is 4.04. The molecule has 1 aromatic heterocycles. The Hall–Kier alpha value is -1.48. The average Bonchev–Trinajstić information content (AvgIpc) is 3.10. The molecule has 3 nitrogen and oxygen atoms in total. The standard InChI is InChI=1S/C14H16ClN3/c1-9-8-18(11-6-7-11)14(16-9)17-13-5-3-4-12(15)10(13)2/h3-5,8,11H,6-7H2,1-2H3,(H,16,17). The Bertz CT molecular complexity index is 585.